The Balaban J connectivity index is 1.55. The van der Waals surface area contributed by atoms with E-state index in [4.69, 9.17) is 4.74 Å². The summed E-state index contributed by atoms with van der Waals surface area (Å²) in [5, 5.41) is 12.0. The molecule has 0 saturated carbocycles. The monoisotopic (exact) mass is 346 g/mol. The summed E-state index contributed by atoms with van der Waals surface area (Å²) in [5.41, 5.74) is 1.98. The summed E-state index contributed by atoms with van der Waals surface area (Å²) in [7, 11) is 0. The smallest absolute Gasteiger partial charge is 0.234 e. The van der Waals surface area contributed by atoms with E-state index in [9.17, 15) is 4.79 Å². The number of nitrogens with one attached hydrogen (secondary N) is 1. The zero-order valence-corrected chi connectivity index (χ0v) is 14.8. The first-order valence-electron chi connectivity index (χ1n) is 8.12. The van der Waals surface area contributed by atoms with E-state index in [0.717, 1.165) is 42.7 Å². The third-order valence-electron chi connectivity index (χ3n) is 3.98. The Morgan fingerprint density at radius 3 is 2.83 bits per heavy atom. The molecular weight excluding hydrogens is 324 g/mol. The van der Waals surface area contributed by atoms with Gasteiger partial charge in [0.1, 0.15) is 5.82 Å². The molecule has 0 radical (unpaired) electrons. The Hall–Kier alpha value is -1.86. The molecule has 1 fully saturated rings. The van der Waals surface area contributed by atoms with Crippen LogP contribution in [0.15, 0.2) is 29.4 Å². The molecule has 0 bridgehead atoms. The number of amides is 1. The summed E-state index contributed by atoms with van der Waals surface area (Å²) in [6.07, 6.45) is 2.39. The highest BCUT2D eigenvalue weighted by Crippen LogP contribution is 2.21. The van der Waals surface area contributed by atoms with Crippen molar-refractivity contribution in [1.82, 2.24) is 14.8 Å². The maximum atomic E-state index is 12.1. The lowest BCUT2D eigenvalue weighted by molar-refractivity contribution is -0.113. The van der Waals surface area contributed by atoms with Gasteiger partial charge in [0.25, 0.3) is 0 Å². The molecule has 1 atom stereocenters. The standard InChI is InChI=1S/C17H22N4O2S/c1-12-5-7-14(8-6-12)18-16(22)11-24-17-20-19-13(2)21(17)10-15-4-3-9-23-15/h5-8,15H,3-4,9-11H2,1-2H3,(H,18,22)/t15-/m1/s1. The maximum absolute atomic E-state index is 12.1. The highest BCUT2D eigenvalue weighted by Gasteiger charge is 2.20. The number of aromatic nitrogens is 3. The molecule has 1 aromatic carbocycles. The average Bonchev–Trinajstić information content (AvgIpc) is 3.19. The van der Waals surface area contributed by atoms with Gasteiger partial charge >= 0.3 is 0 Å². The van der Waals surface area contributed by atoms with E-state index in [2.05, 4.69) is 15.5 Å². The summed E-state index contributed by atoms with van der Waals surface area (Å²) >= 11 is 1.40. The van der Waals surface area contributed by atoms with Crippen molar-refractivity contribution in [3.8, 4) is 0 Å². The van der Waals surface area contributed by atoms with E-state index >= 15 is 0 Å². The molecule has 1 saturated heterocycles. The minimum Gasteiger partial charge on any atom is -0.376 e. The summed E-state index contributed by atoms with van der Waals surface area (Å²) in [5.74, 6) is 1.11. The van der Waals surface area contributed by atoms with E-state index in [1.807, 2.05) is 42.7 Å². The van der Waals surface area contributed by atoms with Gasteiger partial charge in [-0.3, -0.25) is 4.79 Å². The second kappa shape index (κ2) is 7.81. The molecule has 1 aliphatic rings. The number of thioether (sulfide) groups is 1. The van der Waals surface area contributed by atoms with Crippen LogP contribution in [0.2, 0.25) is 0 Å². The zero-order valence-electron chi connectivity index (χ0n) is 14.0. The summed E-state index contributed by atoms with van der Waals surface area (Å²) in [6.45, 7) is 5.52. The number of anilines is 1. The van der Waals surface area contributed by atoms with Crippen molar-refractivity contribution in [3.63, 3.8) is 0 Å². The van der Waals surface area contributed by atoms with Gasteiger partial charge in [-0.15, -0.1) is 10.2 Å². The lowest BCUT2D eigenvalue weighted by Crippen LogP contribution is -2.18. The van der Waals surface area contributed by atoms with E-state index < -0.39 is 0 Å². The number of carbonyl (C=O) groups is 1. The lowest BCUT2D eigenvalue weighted by atomic mass is 10.2. The molecule has 2 heterocycles. The summed E-state index contributed by atoms with van der Waals surface area (Å²) < 4.78 is 7.73. The third-order valence-corrected chi connectivity index (χ3v) is 4.95. The molecule has 0 aliphatic carbocycles. The first-order valence-corrected chi connectivity index (χ1v) is 9.11. The Bertz CT molecular complexity index is 693. The van der Waals surface area contributed by atoms with Crippen LogP contribution in [0.4, 0.5) is 5.69 Å². The fourth-order valence-electron chi connectivity index (χ4n) is 2.63. The van der Waals surface area contributed by atoms with Gasteiger partial charge in [-0.25, -0.2) is 0 Å². The number of hydrogen-bond donors (Lipinski definition) is 1. The second-order valence-electron chi connectivity index (χ2n) is 5.98. The normalized spacial score (nSPS) is 17.2. The number of aryl methyl sites for hydroxylation is 2. The Morgan fingerprint density at radius 1 is 1.33 bits per heavy atom. The van der Waals surface area contributed by atoms with Gasteiger partial charge in [0.15, 0.2) is 5.16 Å². The Labute approximate surface area is 146 Å². The predicted molar refractivity (Wildman–Crippen MR) is 94.3 cm³/mol. The summed E-state index contributed by atoms with van der Waals surface area (Å²) in [4.78, 5) is 12.1. The van der Waals surface area contributed by atoms with Crippen molar-refractivity contribution in [3.05, 3.63) is 35.7 Å². The first-order chi connectivity index (χ1) is 11.6. The highest BCUT2D eigenvalue weighted by molar-refractivity contribution is 7.99. The van der Waals surface area contributed by atoms with Gasteiger partial charge in [-0.1, -0.05) is 29.5 Å². The van der Waals surface area contributed by atoms with Gasteiger partial charge in [0.2, 0.25) is 5.91 Å². The van der Waals surface area contributed by atoms with E-state index in [-0.39, 0.29) is 12.0 Å². The van der Waals surface area contributed by atoms with Crippen molar-refractivity contribution in [2.75, 3.05) is 17.7 Å². The minimum atomic E-state index is -0.0480. The number of carbonyl (C=O) groups excluding carboxylic acids is 1. The fraction of sp³-hybridized carbons (Fsp3) is 0.471. The number of ether oxygens (including phenoxy) is 1. The molecule has 1 N–H and O–H groups in total. The largest absolute Gasteiger partial charge is 0.376 e. The van der Waals surface area contributed by atoms with Crippen molar-refractivity contribution < 1.29 is 9.53 Å². The molecule has 128 valence electrons. The maximum Gasteiger partial charge on any atom is 0.234 e. The molecule has 1 amide bonds. The van der Waals surface area contributed by atoms with Crippen LogP contribution >= 0.6 is 11.8 Å². The summed E-state index contributed by atoms with van der Waals surface area (Å²) in [6, 6.07) is 7.76. The molecular formula is C17H22N4O2S. The van der Waals surface area contributed by atoms with Crippen molar-refractivity contribution >= 4 is 23.4 Å². The predicted octanol–water partition coefficient (Wildman–Crippen LogP) is 2.80. The number of hydrogen-bond acceptors (Lipinski definition) is 5. The lowest BCUT2D eigenvalue weighted by Gasteiger charge is -2.13. The van der Waals surface area contributed by atoms with Crippen LogP contribution in [0.25, 0.3) is 0 Å². The molecule has 1 aromatic heterocycles. The van der Waals surface area contributed by atoms with Gasteiger partial charge in [0, 0.05) is 12.3 Å². The van der Waals surface area contributed by atoms with E-state index in [1.165, 1.54) is 17.3 Å². The number of benzene rings is 1. The van der Waals surface area contributed by atoms with Crippen LogP contribution in [-0.4, -0.2) is 39.1 Å². The minimum absolute atomic E-state index is 0.0480. The molecule has 2 aromatic rings. The van der Waals surface area contributed by atoms with Crippen LogP contribution in [-0.2, 0) is 16.1 Å². The zero-order chi connectivity index (χ0) is 16.9. The molecule has 0 spiro atoms. The SMILES string of the molecule is Cc1ccc(NC(=O)CSc2nnc(C)n2C[C@H]2CCCO2)cc1. The number of rotatable bonds is 6. The van der Waals surface area contributed by atoms with Gasteiger partial charge < -0.3 is 14.6 Å². The topological polar surface area (TPSA) is 69.0 Å². The third kappa shape index (κ3) is 4.36. The Kier molecular flexibility index (Phi) is 5.52. The molecule has 7 heteroatoms. The van der Waals surface area contributed by atoms with E-state index in [0.29, 0.717) is 5.75 Å². The van der Waals surface area contributed by atoms with Gasteiger partial charge in [0.05, 0.1) is 18.4 Å². The van der Waals surface area contributed by atoms with Crippen molar-refractivity contribution in [2.24, 2.45) is 0 Å². The van der Waals surface area contributed by atoms with Gasteiger partial charge in [-0.2, -0.15) is 0 Å². The first kappa shape index (κ1) is 17.0. The quantitative estimate of drug-likeness (QED) is 0.815. The molecule has 6 nitrogen and oxygen atoms in total. The second-order valence-corrected chi connectivity index (χ2v) is 6.92. The highest BCUT2D eigenvalue weighted by atomic mass is 32.2. The molecule has 0 unspecified atom stereocenters. The van der Waals surface area contributed by atoms with E-state index in [1.54, 1.807) is 0 Å². The molecule has 24 heavy (non-hydrogen) atoms. The van der Waals surface area contributed by atoms with Crippen LogP contribution in [0, 0.1) is 13.8 Å². The van der Waals surface area contributed by atoms with Crippen LogP contribution < -0.4 is 5.32 Å². The van der Waals surface area contributed by atoms with Crippen molar-refractivity contribution in [1.29, 1.82) is 0 Å². The average molecular weight is 346 g/mol. The van der Waals surface area contributed by atoms with Gasteiger partial charge in [-0.05, 0) is 38.8 Å². The fourth-order valence-corrected chi connectivity index (χ4v) is 3.43. The number of nitrogens with zero attached hydrogens (tertiary/aromatic N) is 3. The molecule has 3 rings (SSSR count). The molecule has 1 aliphatic heterocycles. The van der Waals surface area contributed by atoms with Crippen LogP contribution in [0.5, 0.6) is 0 Å². The van der Waals surface area contributed by atoms with Crippen molar-refractivity contribution in [2.45, 2.75) is 44.5 Å². The van der Waals surface area contributed by atoms with Crippen LogP contribution in [0.1, 0.15) is 24.2 Å². The Morgan fingerprint density at radius 2 is 2.12 bits per heavy atom. The van der Waals surface area contributed by atoms with Crippen LogP contribution in [0.3, 0.4) is 0 Å².